The van der Waals surface area contributed by atoms with Gasteiger partial charge in [-0.3, -0.25) is 9.59 Å². The number of rotatable bonds is 48. The number of esters is 1. The van der Waals surface area contributed by atoms with E-state index in [1.807, 2.05) is 0 Å². The van der Waals surface area contributed by atoms with E-state index in [0.29, 0.717) is 19.3 Å². The number of unbranched alkanes of at least 4 members (excludes halogenated alkanes) is 33. The summed E-state index contributed by atoms with van der Waals surface area (Å²) >= 11 is 0. The van der Waals surface area contributed by atoms with Gasteiger partial charge in [-0.05, 0) is 44.9 Å². The van der Waals surface area contributed by atoms with Gasteiger partial charge >= 0.3 is 5.97 Å². The highest BCUT2D eigenvalue weighted by Crippen LogP contribution is 2.18. The van der Waals surface area contributed by atoms with E-state index in [4.69, 9.17) is 4.74 Å². The Hall–Kier alpha value is -1.66. The number of allylic oxidation sites excluding steroid dienone is 4. The molecule has 0 aliphatic carbocycles. The van der Waals surface area contributed by atoms with Crippen LogP contribution in [-0.4, -0.2) is 46.9 Å². The van der Waals surface area contributed by atoms with E-state index >= 15 is 0 Å². The van der Waals surface area contributed by atoms with Crippen LogP contribution in [0.3, 0.4) is 0 Å². The van der Waals surface area contributed by atoms with Gasteiger partial charge in [-0.2, -0.15) is 0 Å². The zero-order valence-corrected chi connectivity index (χ0v) is 40.4. The summed E-state index contributed by atoms with van der Waals surface area (Å²) in [7, 11) is 0. The zero-order valence-electron chi connectivity index (χ0n) is 40.4. The van der Waals surface area contributed by atoms with Gasteiger partial charge in [-0.15, -0.1) is 0 Å². The van der Waals surface area contributed by atoms with Crippen molar-refractivity contribution in [3.63, 3.8) is 0 Å². The third-order valence-electron chi connectivity index (χ3n) is 12.3. The molecule has 3 atom stereocenters. The van der Waals surface area contributed by atoms with Crippen LogP contribution < -0.4 is 5.32 Å². The van der Waals surface area contributed by atoms with Gasteiger partial charge in [0.25, 0.3) is 0 Å². The summed E-state index contributed by atoms with van der Waals surface area (Å²) < 4.78 is 5.92. The van der Waals surface area contributed by atoms with E-state index in [1.165, 1.54) is 180 Å². The molecule has 0 saturated carbocycles. The van der Waals surface area contributed by atoms with E-state index in [0.717, 1.165) is 57.8 Å². The summed E-state index contributed by atoms with van der Waals surface area (Å²) in [5.41, 5.74) is 0. The minimum absolute atomic E-state index is 0.0499. The summed E-state index contributed by atoms with van der Waals surface area (Å²) in [6.07, 6.45) is 55.3. The van der Waals surface area contributed by atoms with Crippen molar-refractivity contribution < 1.29 is 24.5 Å². The van der Waals surface area contributed by atoms with Crippen molar-refractivity contribution in [1.82, 2.24) is 5.32 Å². The van der Waals surface area contributed by atoms with Crippen molar-refractivity contribution in [2.45, 2.75) is 302 Å². The number of aliphatic hydroxyl groups is 2. The number of aliphatic hydroxyl groups excluding tert-OH is 2. The Morgan fingerprint density at radius 2 is 0.850 bits per heavy atom. The van der Waals surface area contributed by atoms with Gasteiger partial charge in [-0.1, -0.05) is 251 Å². The lowest BCUT2D eigenvalue weighted by atomic mass is 10.0. The molecular weight excluding hydrogens is 743 g/mol. The Morgan fingerprint density at radius 1 is 0.483 bits per heavy atom. The Morgan fingerprint density at radius 3 is 1.27 bits per heavy atom. The summed E-state index contributed by atoms with van der Waals surface area (Å²) in [5, 5.41) is 23.7. The SMILES string of the molecule is CCCCCCCCC/C=C/C=C/CCCC(CC(=O)NC(CO)C(O)CCCCCCCCCCCC)OC(=O)CCCCCCCCCCCCCCCCCCC. The molecule has 3 N–H and O–H groups in total. The van der Waals surface area contributed by atoms with Gasteiger partial charge in [0.2, 0.25) is 5.91 Å². The fourth-order valence-corrected chi connectivity index (χ4v) is 8.25. The van der Waals surface area contributed by atoms with E-state index in [1.54, 1.807) is 0 Å². The van der Waals surface area contributed by atoms with Crippen molar-refractivity contribution in [3.8, 4) is 0 Å². The van der Waals surface area contributed by atoms with Crippen LogP contribution >= 0.6 is 0 Å². The van der Waals surface area contributed by atoms with Crippen molar-refractivity contribution in [2.24, 2.45) is 0 Å². The van der Waals surface area contributed by atoms with Crippen LogP contribution in [-0.2, 0) is 14.3 Å². The minimum Gasteiger partial charge on any atom is -0.462 e. The molecule has 0 aromatic heterocycles. The van der Waals surface area contributed by atoms with Crippen LogP contribution in [0.4, 0.5) is 0 Å². The second-order valence-electron chi connectivity index (χ2n) is 18.3. The lowest BCUT2D eigenvalue weighted by Crippen LogP contribution is -2.46. The van der Waals surface area contributed by atoms with Crippen molar-refractivity contribution in [2.75, 3.05) is 6.61 Å². The van der Waals surface area contributed by atoms with Crippen molar-refractivity contribution in [1.29, 1.82) is 0 Å². The number of nitrogens with one attached hydrogen (secondary N) is 1. The molecule has 0 fully saturated rings. The zero-order chi connectivity index (χ0) is 43.8. The van der Waals surface area contributed by atoms with Gasteiger partial charge in [0.05, 0.1) is 25.2 Å². The highest BCUT2D eigenvalue weighted by molar-refractivity contribution is 5.77. The monoisotopic (exact) mass is 846 g/mol. The van der Waals surface area contributed by atoms with E-state index in [2.05, 4.69) is 50.4 Å². The first-order valence-corrected chi connectivity index (χ1v) is 26.6. The molecular formula is C54H103NO5. The predicted octanol–water partition coefficient (Wildman–Crippen LogP) is 15.9. The predicted molar refractivity (Wildman–Crippen MR) is 260 cm³/mol. The van der Waals surface area contributed by atoms with Gasteiger partial charge in [0, 0.05) is 6.42 Å². The van der Waals surface area contributed by atoms with E-state index < -0.39 is 18.2 Å². The Kier molecular flexibility index (Phi) is 47.0. The average Bonchev–Trinajstić information content (AvgIpc) is 3.24. The van der Waals surface area contributed by atoms with Crippen molar-refractivity contribution in [3.05, 3.63) is 24.3 Å². The molecule has 3 unspecified atom stereocenters. The van der Waals surface area contributed by atoms with Gasteiger partial charge in [0.1, 0.15) is 6.10 Å². The number of ether oxygens (including phenoxy) is 1. The third kappa shape index (κ3) is 43.0. The van der Waals surface area contributed by atoms with Crippen molar-refractivity contribution >= 4 is 11.9 Å². The number of carbonyl (C=O) groups excluding carboxylic acids is 2. The number of hydrogen-bond donors (Lipinski definition) is 3. The van der Waals surface area contributed by atoms with E-state index in [-0.39, 0.29) is 24.9 Å². The maximum atomic E-state index is 13.2. The second-order valence-corrected chi connectivity index (χ2v) is 18.3. The van der Waals surface area contributed by atoms with Gasteiger partial charge in [-0.25, -0.2) is 0 Å². The molecule has 0 aromatic carbocycles. The molecule has 0 spiro atoms. The average molecular weight is 846 g/mol. The Bertz CT molecular complexity index is 950. The summed E-state index contributed by atoms with van der Waals surface area (Å²) in [6, 6.07) is -0.710. The number of carbonyl (C=O) groups is 2. The smallest absolute Gasteiger partial charge is 0.306 e. The largest absolute Gasteiger partial charge is 0.462 e. The summed E-state index contributed by atoms with van der Waals surface area (Å²) in [6.45, 7) is 6.47. The molecule has 6 nitrogen and oxygen atoms in total. The minimum atomic E-state index is -0.794. The normalized spacial score (nSPS) is 13.3. The van der Waals surface area contributed by atoms with E-state index in [9.17, 15) is 19.8 Å². The highest BCUT2D eigenvalue weighted by Gasteiger charge is 2.24. The molecule has 0 aliphatic heterocycles. The summed E-state index contributed by atoms with van der Waals surface area (Å²) in [5.74, 6) is -0.507. The van der Waals surface area contributed by atoms with Crippen LogP contribution in [0, 0.1) is 0 Å². The molecule has 0 bridgehead atoms. The maximum absolute atomic E-state index is 13.2. The van der Waals surface area contributed by atoms with Crippen LogP contribution in [0.5, 0.6) is 0 Å². The lowest BCUT2D eigenvalue weighted by molar-refractivity contribution is -0.151. The lowest BCUT2D eigenvalue weighted by Gasteiger charge is -2.24. The van der Waals surface area contributed by atoms with Gasteiger partial charge in [0.15, 0.2) is 0 Å². The number of hydrogen-bond acceptors (Lipinski definition) is 5. The molecule has 0 heterocycles. The molecule has 354 valence electrons. The van der Waals surface area contributed by atoms with Crippen LogP contribution in [0.1, 0.15) is 284 Å². The molecule has 60 heavy (non-hydrogen) atoms. The molecule has 0 radical (unpaired) electrons. The third-order valence-corrected chi connectivity index (χ3v) is 12.3. The first-order chi connectivity index (χ1) is 29.5. The second kappa shape index (κ2) is 48.4. The Balaban J connectivity index is 4.57. The molecule has 0 rings (SSSR count). The Labute approximate surface area is 373 Å². The van der Waals surface area contributed by atoms with Crippen LogP contribution in [0.2, 0.25) is 0 Å². The fourth-order valence-electron chi connectivity index (χ4n) is 8.25. The highest BCUT2D eigenvalue weighted by atomic mass is 16.5. The molecule has 6 heteroatoms. The first-order valence-electron chi connectivity index (χ1n) is 26.6. The van der Waals surface area contributed by atoms with Gasteiger partial charge < -0.3 is 20.3 Å². The molecule has 0 aliphatic rings. The van der Waals surface area contributed by atoms with Crippen LogP contribution in [0.15, 0.2) is 24.3 Å². The topological polar surface area (TPSA) is 95.9 Å². The molecule has 1 amide bonds. The quantitative estimate of drug-likeness (QED) is 0.0322. The molecule has 0 saturated heterocycles. The molecule has 0 aromatic rings. The maximum Gasteiger partial charge on any atom is 0.306 e. The standard InChI is InChI=1S/C54H103NO5/c1-4-7-10-13-16-19-22-24-26-27-28-30-32-35-38-41-44-47-54(59)60-50(45-42-39-36-33-31-29-25-23-20-17-14-11-8-5-2)48-53(58)55-51(49-56)52(57)46-43-40-37-34-21-18-15-12-9-6-3/h29,31,33,36,50-52,56-57H,4-28,30,32,34-35,37-49H2,1-3H3,(H,55,58)/b31-29+,36-33+. The first kappa shape index (κ1) is 58.3. The fraction of sp³-hybridized carbons (Fsp3) is 0.889. The summed E-state index contributed by atoms with van der Waals surface area (Å²) in [4.78, 5) is 26.1. The number of amides is 1. The van der Waals surface area contributed by atoms with Crippen LogP contribution in [0.25, 0.3) is 0 Å².